The molecule has 0 aliphatic carbocycles. The van der Waals surface area contributed by atoms with Crippen LogP contribution in [0.3, 0.4) is 0 Å². The summed E-state index contributed by atoms with van der Waals surface area (Å²) in [6.07, 6.45) is 0. The number of aromatic nitrogens is 1. The molecule has 0 aliphatic heterocycles. The van der Waals surface area contributed by atoms with Crippen molar-refractivity contribution in [3.05, 3.63) is 76.8 Å². The van der Waals surface area contributed by atoms with Crippen LogP contribution in [0.15, 0.2) is 81.0 Å². The summed E-state index contributed by atoms with van der Waals surface area (Å²) < 4.78 is 5.78. The largest absolute Gasteiger partial charge is 0.465 e. The summed E-state index contributed by atoms with van der Waals surface area (Å²) in [6.45, 7) is 0. The molecule has 4 aromatic rings. The number of para-hydroxylation sites is 1. The van der Waals surface area contributed by atoms with Crippen LogP contribution in [-0.2, 0) is 4.74 Å². The maximum Gasteiger partial charge on any atom is 0.337 e. The molecule has 0 amide bonds. The van der Waals surface area contributed by atoms with Crippen molar-refractivity contribution < 1.29 is 9.53 Å². The number of rotatable bonds is 3. The van der Waals surface area contributed by atoms with E-state index in [1.165, 1.54) is 7.11 Å². The average molecular weight is 424 g/mol. The van der Waals surface area contributed by atoms with Gasteiger partial charge in [-0.3, -0.25) is 0 Å². The van der Waals surface area contributed by atoms with Crippen LogP contribution in [0.4, 0.5) is 0 Å². The van der Waals surface area contributed by atoms with Crippen LogP contribution in [-0.4, -0.2) is 18.1 Å². The van der Waals surface area contributed by atoms with Crippen LogP contribution in [0.25, 0.3) is 21.8 Å². The fourth-order valence-corrected chi connectivity index (χ4v) is 4.65. The summed E-state index contributed by atoms with van der Waals surface area (Å²) in [6, 6.07) is 21.6. The van der Waals surface area contributed by atoms with E-state index < -0.39 is 0 Å². The van der Waals surface area contributed by atoms with Crippen LogP contribution >= 0.6 is 27.7 Å². The molecule has 0 spiro atoms. The van der Waals surface area contributed by atoms with Gasteiger partial charge in [-0.05, 0) is 42.5 Å². The minimum atomic E-state index is -0.330. The molecule has 128 valence electrons. The number of benzene rings is 3. The summed E-state index contributed by atoms with van der Waals surface area (Å²) in [5, 5.41) is 2.20. The minimum absolute atomic E-state index is 0.330. The Labute approximate surface area is 163 Å². The zero-order valence-electron chi connectivity index (χ0n) is 13.9. The second-order valence-electron chi connectivity index (χ2n) is 5.71. The van der Waals surface area contributed by atoms with E-state index in [4.69, 9.17) is 9.72 Å². The Morgan fingerprint density at radius 3 is 2.46 bits per heavy atom. The highest BCUT2D eigenvalue weighted by atomic mass is 79.9. The topological polar surface area (TPSA) is 39.2 Å². The molecule has 3 nitrogen and oxygen atoms in total. The normalized spacial score (nSPS) is 11.0. The highest BCUT2D eigenvalue weighted by Gasteiger charge is 2.13. The molecule has 0 saturated heterocycles. The van der Waals surface area contributed by atoms with Gasteiger partial charge in [0.2, 0.25) is 0 Å². The molecule has 26 heavy (non-hydrogen) atoms. The second kappa shape index (κ2) is 7.09. The Morgan fingerprint density at radius 1 is 0.962 bits per heavy atom. The molecule has 0 fully saturated rings. The van der Waals surface area contributed by atoms with Gasteiger partial charge < -0.3 is 4.74 Å². The van der Waals surface area contributed by atoms with Crippen LogP contribution < -0.4 is 0 Å². The number of fused-ring (bicyclic) bond motifs is 2. The van der Waals surface area contributed by atoms with Gasteiger partial charge in [0.25, 0.3) is 0 Å². The fourth-order valence-electron chi connectivity index (χ4n) is 2.86. The standard InChI is InChI=1S/C21H14BrNO2S/c1-25-21(24)13-9-11-14(12-10-13)26-20-15-5-2-3-7-17(15)23-18-8-4-6-16(22)19(18)20/h2-12H,1H3. The molecule has 0 aliphatic rings. The number of carbonyl (C=O) groups is 1. The molecule has 4 rings (SSSR count). The lowest BCUT2D eigenvalue weighted by atomic mass is 10.1. The Hall–Kier alpha value is -2.37. The molecule has 5 heteroatoms. The SMILES string of the molecule is COC(=O)c1ccc(Sc2c3ccccc3nc3cccc(Br)c23)cc1. The van der Waals surface area contributed by atoms with E-state index in [0.717, 1.165) is 36.1 Å². The molecule has 0 bridgehead atoms. The summed E-state index contributed by atoms with van der Waals surface area (Å²) in [7, 11) is 1.39. The minimum Gasteiger partial charge on any atom is -0.465 e. The predicted octanol–water partition coefficient (Wildman–Crippen LogP) is 6.09. The smallest absolute Gasteiger partial charge is 0.337 e. The number of esters is 1. The van der Waals surface area contributed by atoms with E-state index in [1.54, 1.807) is 23.9 Å². The Morgan fingerprint density at radius 2 is 1.69 bits per heavy atom. The zero-order valence-corrected chi connectivity index (χ0v) is 16.3. The summed E-state index contributed by atoms with van der Waals surface area (Å²) >= 11 is 5.34. The van der Waals surface area contributed by atoms with Crippen molar-refractivity contribution in [2.45, 2.75) is 9.79 Å². The van der Waals surface area contributed by atoms with Gasteiger partial charge in [0.05, 0.1) is 23.7 Å². The van der Waals surface area contributed by atoms with E-state index in [9.17, 15) is 4.79 Å². The molecule has 1 heterocycles. The highest BCUT2D eigenvalue weighted by molar-refractivity contribution is 9.10. The zero-order chi connectivity index (χ0) is 18.1. The van der Waals surface area contributed by atoms with Crippen molar-refractivity contribution in [3.63, 3.8) is 0 Å². The van der Waals surface area contributed by atoms with Gasteiger partial charge in [-0.25, -0.2) is 9.78 Å². The Kier molecular flexibility index (Phi) is 4.66. The number of hydrogen-bond donors (Lipinski definition) is 0. The van der Waals surface area contributed by atoms with Crippen molar-refractivity contribution in [2.75, 3.05) is 7.11 Å². The van der Waals surface area contributed by atoms with Gasteiger partial charge in [-0.2, -0.15) is 0 Å². The van der Waals surface area contributed by atoms with Crippen molar-refractivity contribution in [1.82, 2.24) is 4.98 Å². The summed E-state index contributed by atoms with van der Waals surface area (Å²) in [5.74, 6) is -0.330. The van der Waals surface area contributed by atoms with Gasteiger partial charge in [0.1, 0.15) is 0 Å². The molecular formula is C21H14BrNO2S. The van der Waals surface area contributed by atoms with Crippen molar-refractivity contribution in [1.29, 1.82) is 0 Å². The fraction of sp³-hybridized carbons (Fsp3) is 0.0476. The lowest BCUT2D eigenvalue weighted by Gasteiger charge is -2.12. The number of methoxy groups -OCH3 is 1. The van der Waals surface area contributed by atoms with Gasteiger partial charge in [-0.15, -0.1) is 0 Å². The van der Waals surface area contributed by atoms with E-state index >= 15 is 0 Å². The number of nitrogens with zero attached hydrogens (tertiary/aromatic N) is 1. The Bertz CT molecular complexity index is 1130. The highest BCUT2D eigenvalue weighted by Crippen LogP contribution is 2.41. The number of hydrogen-bond acceptors (Lipinski definition) is 4. The first-order valence-corrected chi connectivity index (χ1v) is 9.61. The molecular weight excluding hydrogens is 410 g/mol. The van der Waals surface area contributed by atoms with E-state index in [2.05, 4.69) is 22.0 Å². The number of ether oxygens (including phenoxy) is 1. The molecule has 0 atom stereocenters. The van der Waals surface area contributed by atoms with Gasteiger partial charge in [0.15, 0.2) is 0 Å². The van der Waals surface area contributed by atoms with E-state index in [-0.39, 0.29) is 5.97 Å². The maximum atomic E-state index is 11.6. The molecule has 0 unspecified atom stereocenters. The molecule has 0 saturated carbocycles. The predicted molar refractivity (Wildman–Crippen MR) is 109 cm³/mol. The van der Waals surface area contributed by atoms with Gasteiger partial charge >= 0.3 is 5.97 Å². The quantitative estimate of drug-likeness (QED) is 0.295. The van der Waals surface area contributed by atoms with E-state index in [1.807, 2.05) is 48.5 Å². The first-order valence-electron chi connectivity index (χ1n) is 8.00. The Balaban J connectivity index is 1.87. The third-order valence-electron chi connectivity index (χ3n) is 4.10. The number of pyridine rings is 1. The van der Waals surface area contributed by atoms with Gasteiger partial charge in [0, 0.05) is 25.0 Å². The number of carbonyl (C=O) groups excluding carboxylic acids is 1. The lowest BCUT2D eigenvalue weighted by Crippen LogP contribution is -2.00. The second-order valence-corrected chi connectivity index (χ2v) is 7.65. The van der Waals surface area contributed by atoms with Crippen molar-refractivity contribution >= 4 is 55.5 Å². The summed E-state index contributed by atoms with van der Waals surface area (Å²) in [4.78, 5) is 18.6. The first kappa shape index (κ1) is 17.1. The van der Waals surface area contributed by atoms with Crippen molar-refractivity contribution in [3.8, 4) is 0 Å². The lowest BCUT2D eigenvalue weighted by molar-refractivity contribution is 0.0600. The van der Waals surface area contributed by atoms with Crippen LogP contribution in [0.1, 0.15) is 10.4 Å². The molecule has 0 radical (unpaired) electrons. The van der Waals surface area contributed by atoms with Gasteiger partial charge in [-0.1, -0.05) is 52.0 Å². The van der Waals surface area contributed by atoms with Crippen LogP contribution in [0.5, 0.6) is 0 Å². The van der Waals surface area contributed by atoms with E-state index in [0.29, 0.717) is 5.56 Å². The maximum absolute atomic E-state index is 11.6. The molecule has 0 N–H and O–H groups in total. The number of halogens is 1. The third kappa shape index (κ3) is 3.08. The monoisotopic (exact) mass is 423 g/mol. The van der Waals surface area contributed by atoms with Crippen LogP contribution in [0, 0.1) is 0 Å². The van der Waals surface area contributed by atoms with Crippen molar-refractivity contribution in [2.24, 2.45) is 0 Å². The average Bonchev–Trinajstić information content (AvgIpc) is 2.68. The third-order valence-corrected chi connectivity index (χ3v) is 5.90. The van der Waals surface area contributed by atoms with Crippen LogP contribution in [0.2, 0.25) is 0 Å². The molecule has 3 aromatic carbocycles. The first-order chi connectivity index (χ1) is 12.7. The molecule has 1 aromatic heterocycles. The summed E-state index contributed by atoms with van der Waals surface area (Å²) in [5.41, 5.74) is 2.46.